The molecule has 0 fully saturated rings. The molecular weight excluding hydrogens is 192 g/mol. The maximum absolute atomic E-state index is 11.1. The molecule has 14 heavy (non-hydrogen) atoms. The molecular formula is C7H14N2O5. The third-order valence-electron chi connectivity index (χ3n) is 1.62. The lowest BCUT2D eigenvalue weighted by Gasteiger charge is -2.17. The van der Waals surface area contributed by atoms with Gasteiger partial charge in [0, 0.05) is 0 Å². The van der Waals surface area contributed by atoms with Gasteiger partial charge in [0.05, 0.1) is 12.7 Å². The summed E-state index contributed by atoms with van der Waals surface area (Å²) in [6.45, 7) is 0.576. The fourth-order valence-corrected chi connectivity index (χ4v) is 0.672. The summed E-state index contributed by atoms with van der Waals surface area (Å²) in [5.41, 5.74) is 5.23. The lowest BCUT2D eigenvalue weighted by atomic mass is 10.1. The number of aliphatic hydroxyl groups excluding tert-OH is 2. The molecule has 7 nitrogen and oxygen atoms in total. The molecule has 0 aromatic carbocycles. The first kappa shape index (κ1) is 12.8. The molecule has 0 aliphatic carbocycles. The third kappa shape index (κ3) is 3.69. The van der Waals surface area contributed by atoms with Crippen LogP contribution in [0, 0.1) is 0 Å². The monoisotopic (exact) mass is 206 g/mol. The molecule has 0 aromatic heterocycles. The fraction of sp³-hybridized carbons (Fsp3) is 0.714. The van der Waals surface area contributed by atoms with E-state index < -0.39 is 36.7 Å². The first-order chi connectivity index (χ1) is 6.40. The van der Waals surface area contributed by atoms with Crippen LogP contribution in [0.1, 0.15) is 6.92 Å². The molecule has 82 valence electrons. The van der Waals surface area contributed by atoms with Gasteiger partial charge in [-0.05, 0) is 6.92 Å². The molecule has 0 aliphatic rings. The van der Waals surface area contributed by atoms with Crippen molar-refractivity contribution in [1.29, 1.82) is 0 Å². The highest BCUT2D eigenvalue weighted by atomic mass is 16.4. The smallest absolute Gasteiger partial charge is 0.328 e. The molecule has 0 saturated heterocycles. The Morgan fingerprint density at radius 3 is 2.29 bits per heavy atom. The standard InChI is InChI=1S/C7H14N2O5/c1-3(11)5(8)6(12)9-4(2-10)7(13)14/h3-5,10-11H,2,8H2,1H3,(H,9,12)(H,13,14)/t3?,4-,5-/m0/s1. The fourth-order valence-electron chi connectivity index (χ4n) is 0.672. The molecule has 3 atom stereocenters. The van der Waals surface area contributed by atoms with E-state index in [4.69, 9.17) is 21.1 Å². The zero-order chi connectivity index (χ0) is 11.3. The highest BCUT2D eigenvalue weighted by Crippen LogP contribution is 1.91. The van der Waals surface area contributed by atoms with E-state index in [1.807, 2.05) is 5.32 Å². The van der Waals surface area contributed by atoms with Crippen molar-refractivity contribution >= 4 is 11.9 Å². The minimum atomic E-state index is -1.40. The summed E-state index contributed by atoms with van der Waals surface area (Å²) in [5, 5.41) is 27.9. The number of carbonyl (C=O) groups is 2. The molecule has 6 N–H and O–H groups in total. The summed E-state index contributed by atoms with van der Waals surface area (Å²) in [6, 6.07) is -2.60. The summed E-state index contributed by atoms with van der Waals surface area (Å²) < 4.78 is 0. The summed E-state index contributed by atoms with van der Waals surface area (Å²) in [7, 11) is 0. The van der Waals surface area contributed by atoms with Crippen LogP contribution in [0.2, 0.25) is 0 Å². The van der Waals surface area contributed by atoms with Crippen LogP contribution in [-0.2, 0) is 9.59 Å². The van der Waals surface area contributed by atoms with Crippen molar-refractivity contribution in [3.05, 3.63) is 0 Å². The van der Waals surface area contributed by atoms with Crippen molar-refractivity contribution in [2.24, 2.45) is 5.73 Å². The molecule has 0 aromatic rings. The van der Waals surface area contributed by atoms with E-state index >= 15 is 0 Å². The van der Waals surface area contributed by atoms with Gasteiger partial charge < -0.3 is 26.4 Å². The van der Waals surface area contributed by atoms with Crippen molar-refractivity contribution in [3.8, 4) is 0 Å². The normalized spacial score (nSPS) is 16.9. The molecule has 0 rings (SSSR count). The molecule has 0 bridgehead atoms. The second kappa shape index (κ2) is 5.53. The van der Waals surface area contributed by atoms with Gasteiger partial charge in [0.25, 0.3) is 0 Å². The average Bonchev–Trinajstić information content (AvgIpc) is 2.11. The minimum Gasteiger partial charge on any atom is -0.480 e. The van der Waals surface area contributed by atoms with E-state index in [1.54, 1.807) is 0 Å². The van der Waals surface area contributed by atoms with Gasteiger partial charge in [0.1, 0.15) is 12.1 Å². The third-order valence-corrected chi connectivity index (χ3v) is 1.62. The van der Waals surface area contributed by atoms with E-state index in [1.165, 1.54) is 6.92 Å². The summed E-state index contributed by atoms with van der Waals surface area (Å²) in [4.78, 5) is 21.5. The highest BCUT2D eigenvalue weighted by molar-refractivity contribution is 5.87. The van der Waals surface area contributed by atoms with Crippen LogP contribution in [-0.4, -0.2) is 52.0 Å². The lowest BCUT2D eigenvalue weighted by molar-refractivity contribution is -0.143. The van der Waals surface area contributed by atoms with Crippen molar-refractivity contribution in [2.45, 2.75) is 25.1 Å². The Bertz CT molecular complexity index is 218. The number of rotatable bonds is 5. The van der Waals surface area contributed by atoms with Crippen LogP contribution < -0.4 is 11.1 Å². The molecule has 7 heteroatoms. The number of hydrogen-bond acceptors (Lipinski definition) is 5. The summed E-state index contributed by atoms with van der Waals surface area (Å²) >= 11 is 0. The summed E-state index contributed by atoms with van der Waals surface area (Å²) in [5.74, 6) is -2.18. The zero-order valence-electron chi connectivity index (χ0n) is 7.67. The Labute approximate surface area is 80.5 Å². The predicted molar refractivity (Wildman–Crippen MR) is 46.3 cm³/mol. The van der Waals surface area contributed by atoms with E-state index in [9.17, 15) is 9.59 Å². The Hall–Kier alpha value is -1.18. The second-order valence-corrected chi connectivity index (χ2v) is 2.85. The average molecular weight is 206 g/mol. The Morgan fingerprint density at radius 1 is 1.50 bits per heavy atom. The van der Waals surface area contributed by atoms with E-state index in [-0.39, 0.29) is 0 Å². The van der Waals surface area contributed by atoms with Gasteiger partial charge in [-0.3, -0.25) is 4.79 Å². The number of nitrogens with two attached hydrogens (primary N) is 1. The van der Waals surface area contributed by atoms with E-state index in [0.717, 1.165) is 0 Å². The number of carboxylic acids is 1. The summed E-state index contributed by atoms with van der Waals surface area (Å²) in [6.07, 6.45) is -1.08. The largest absolute Gasteiger partial charge is 0.480 e. The van der Waals surface area contributed by atoms with E-state index in [0.29, 0.717) is 0 Å². The molecule has 0 heterocycles. The van der Waals surface area contributed by atoms with Crippen LogP contribution in [0.25, 0.3) is 0 Å². The van der Waals surface area contributed by atoms with Gasteiger partial charge in [-0.15, -0.1) is 0 Å². The van der Waals surface area contributed by atoms with Gasteiger partial charge in [0.2, 0.25) is 5.91 Å². The molecule has 0 aliphatic heterocycles. The lowest BCUT2D eigenvalue weighted by Crippen LogP contribution is -2.53. The van der Waals surface area contributed by atoms with Gasteiger partial charge in [-0.2, -0.15) is 0 Å². The highest BCUT2D eigenvalue weighted by Gasteiger charge is 2.24. The van der Waals surface area contributed by atoms with Gasteiger partial charge >= 0.3 is 5.97 Å². The van der Waals surface area contributed by atoms with Gasteiger partial charge in [-0.25, -0.2) is 4.79 Å². The van der Waals surface area contributed by atoms with Crippen LogP contribution in [0.15, 0.2) is 0 Å². The van der Waals surface area contributed by atoms with Gasteiger partial charge in [0.15, 0.2) is 0 Å². The number of aliphatic hydroxyl groups is 2. The van der Waals surface area contributed by atoms with Crippen molar-refractivity contribution < 1.29 is 24.9 Å². The number of nitrogens with one attached hydrogen (secondary N) is 1. The number of amides is 1. The van der Waals surface area contributed by atoms with Crippen molar-refractivity contribution in [1.82, 2.24) is 5.32 Å². The first-order valence-electron chi connectivity index (χ1n) is 3.97. The SMILES string of the molecule is CC(O)[C@H](N)C(=O)N[C@@H](CO)C(=O)O. The number of hydrogen-bond donors (Lipinski definition) is 5. The topological polar surface area (TPSA) is 133 Å². The van der Waals surface area contributed by atoms with Crippen LogP contribution >= 0.6 is 0 Å². The molecule has 0 radical (unpaired) electrons. The molecule has 0 saturated carbocycles. The second-order valence-electron chi connectivity index (χ2n) is 2.85. The van der Waals surface area contributed by atoms with Crippen LogP contribution in [0.3, 0.4) is 0 Å². The Kier molecular flexibility index (Phi) is 5.06. The predicted octanol–water partition coefficient (Wildman–Crippen LogP) is -2.74. The first-order valence-corrected chi connectivity index (χ1v) is 3.97. The van der Waals surface area contributed by atoms with Gasteiger partial charge in [-0.1, -0.05) is 0 Å². The van der Waals surface area contributed by atoms with Crippen molar-refractivity contribution in [2.75, 3.05) is 6.61 Å². The number of carboxylic acid groups (broad SMARTS) is 1. The Morgan fingerprint density at radius 2 is 2.00 bits per heavy atom. The van der Waals surface area contributed by atoms with E-state index in [2.05, 4.69) is 0 Å². The van der Waals surface area contributed by atoms with Crippen molar-refractivity contribution in [3.63, 3.8) is 0 Å². The quantitative estimate of drug-likeness (QED) is 0.331. The Balaban J connectivity index is 4.22. The van der Waals surface area contributed by atoms with Crippen LogP contribution in [0.5, 0.6) is 0 Å². The maximum Gasteiger partial charge on any atom is 0.328 e. The van der Waals surface area contributed by atoms with Crippen LogP contribution in [0.4, 0.5) is 0 Å². The zero-order valence-corrected chi connectivity index (χ0v) is 7.67. The number of carbonyl (C=O) groups excluding carboxylic acids is 1. The number of aliphatic carboxylic acids is 1. The minimum absolute atomic E-state index is 0.729. The maximum atomic E-state index is 11.1. The molecule has 1 amide bonds. The molecule has 1 unspecified atom stereocenters. The molecule has 0 spiro atoms.